The van der Waals surface area contributed by atoms with E-state index in [0.29, 0.717) is 25.3 Å². The molecular formula is C17H27NO4. The molecule has 1 aromatic carbocycles. The number of nitrogens with one attached hydrogen (secondary N) is 1. The van der Waals surface area contributed by atoms with Crippen LogP contribution in [0, 0.1) is 0 Å². The van der Waals surface area contributed by atoms with Gasteiger partial charge in [0.05, 0.1) is 6.61 Å². The molecule has 0 aliphatic carbocycles. The summed E-state index contributed by atoms with van der Waals surface area (Å²) in [5.41, 5.74) is 1.05. The van der Waals surface area contributed by atoms with Crippen molar-refractivity contribution in [1.82, 2.24) is 5.32 Å². The van der Waals surface area contributed by atoms with Crippen molar-refractivity contribution < 1.29 is 19.4 Å². The summed E-state index contributed by atoms with van der Waals surface area (Å²) >= 11 is 0. The molecule has 0 aliphatic rings. The maximum absolute atomic E-state index is 10.7. The van der Waals surface area contributed by atoms with Crippen molar-refractivity contribution >= 4 is 5.97 Å². The second kappa shape index (κ2) is 8.76. The number of benzene rings is 1. The minimum Gasteiger partial charge on any atom is -0.491 e. The fourth-order valence-electron chi connectivity index (χ4n) is 1.74. The smallest absolute Gasteiger partial charge is 0.302 e. The van der Waals surface area contributed by atoms with Gasteiger partial charge in [0, 0.05) is 25.4 Å². The zero-order valence-electron chi connectivity index (χ0n) is 13.9. The van der Waals surface area contributed by atoms with E-state index in [4.69, 9.17) is 9.47 Å². The van der Waals surface area contributed by atoms with E-state index in [0.717, 1.165) is 5.56 Å². The molecule has 0 bridgehead atoms. The Morgan fingerprint density at radius 3 is 2.45 bits per heavy atom. The lowest BCUT2D eigenvalue weighted by atomic mass is 10.1. The molecule has 22 heavy (non-hydrogen) atoms. The monoisotopic (exact) mass is 309 g/mol. The second-order valence-electron chi connectivity index (χ2n) is 6.33. The van der Waals surface area contributed by atoms with Crippen LogP contribution in [-0.4, -0.2) is 42.5 Å². The zero-order valence-corrected chi connectivity index (χ0v) is 13.9. The first-order valence-electron chi connectivity index (χ1n) is 7.54. The third-order valence-electron chi connectivity index (χ3n) is 2.93. The highest BCUT2D eigenvalue weighted by molar-refractivity contribution is 5.65. The van der Waals surface area contributed by atoms with E-state index in [1.807, 2.05) is 24.3 Å². The molecule has 0 saturated carbocycles. The van der Waals surface area contributed by atoms with Gasteiger partial charge in [-0.2, -0.15) is 0 Å². The van der Waals surface area contributed by atoms with E-state index in [9.17, 15) is 9.90 Å². The van der Waals surface area contributed by atoms with E-state index in [2.05, 4.69) is 26.1 Å². The first kappa shape index (κ1) is 18.5. The average Bonchev–Trinajstić information content (AvgIpc) is 2.43. The van der Waals surface area contributed by atoms with Crippen LogP contribution in [0.1, 0.15) is 33.3 Å². The Morgan fingerprint density at radius 1 is 1.27 bits per heavy atom. The highest BCUT2D eigenvalue weighted by Gasteiger charge is 2.12. The van der Waals surface area contributed by atoms with Crippen molar-refractivity contribution in [3.05, 3.63) is 29.8 Å². The number of rotatable bonds is 8. The first-order chi connectivity index (χ1) is 10.3. The highest BCUT2D eigenvalue weighted by Crippen LogP contribution is 2.13. The number of esters is 1. The lowest BCUT2D eigenvalue weighted by molar-refractivity contribution is -0.140. The molecule has 0 aromatic heterocycles. The molecule has 1 aromatic rings. The van der Waals surface area contributed by atoms with Crippen molar-refractivity contribution in [3.63, 3.8) is 0 Å². The van der Waals surface area contributed by atoms with E-state index in [1.165, 1.54) is 6.92 Å². The van der Waals surface area contributed by atoms with Gasteiger partial charge in [-0.15, -0.1) is 0 Å². The van der Waals surface area contributed by atoms with E-state index < -0.39 is 6.10 Å². The Kier molecular flexibility index (Phi) is 7.35. The van der Waals surface area contributed by atoms with Crippen molar-refractivity contribution in [2.24, 2.45) is 0 Å². The molecule has 0 heterocycles. The predicted octanol–water partition coefficient (Wildman–Crippen LogP) is 1.92. The molecule has 5 nitrogen and oxygen atoms in total. The fraction of sp³-hybridized carbons (Fsp3) is 0.588. The number of β-amino-alcohol motifs (C(OH)–C–C–N with tert-alkyl or cyclic N) is 1. The van der Waals surface area contributed by atoms with Crippen LogP contribution in [0.25, 0.3) is 0 Å². The summed E-state index contributed by atoms with van der Waals surface area (Å²) in [5, 5.41) is 13.1. The van der Waals surface area contributed by atoms with Crippen LogP contribution in [0.2, 0.25) is 0 Å². The van der Waals surface area contributed by atoms with Gasteiger partial charge in [-0.25, -0.2) is 0 Å². The Bertz CT molecular complexity index is 451. The number of hydrogen-bond donors (Lipinski definition) is 2. The van der Waals surface area contributed by atoms with Gasteiger partial charge < -0.3 is 19.9 Å². The summed E-state index contributed by atoms with van der Waals surface area (Å²) in [5.74, 6) is 0.448. The quantitative estimate of drug-likeness (QED) is 0.718. The number of carbonyl (C=O) groups is 1. The van der Waals surface area contributed by atoms with Gasteiger partial charge in [0.25, 0.3) is 0 Å². The topological polar surface area (TPSA) is 67.8 Å². The third kappa shape index (κ3) is 8.64. The van der Waals surface area contributed by atoms with Crippen LogP contribution in [0.3, 0.4) is 0 Å². The van der Waals surface area contributed by atoms with Crippen LogP contribution in [-0.2, 0) is 16.0 Å². The summed E-state index contributed by atoms with van der Waals surface area (Å²) in [7, 11) is 0. The van der Waals surface area contributed by atoms with Crippen molar-refractivity contribution in [2.75, 3.05) is 19.8 Å². The Labute approximate surface area is 132 Å². The third-order valence-corrected chi connectivity index (χ3v) is 2.93. The summed E-state index contributed by atoms with van der Waals surface area (Å²) in [6, 6.07) is 7.57. The van der Waals surface area contributed by atoms with Crippen LogP contribution >= 0.6 is 0 Å². The van der Waals surface area contributed by atoms with Crippen LogP contribution in [0.5, 0.6) is 5.75 Å². The lowest BCUT2D eigenvalue weighted by Gasteiger charge is -2.23. The second-order valence-corrected chi connectivity index (χ2v) is 6.33. The molecule has 0 fully saturated rings. The van der Waals surface area contributed by atoms with Gasteiger partial charge in [-0.05, 0) is 38.5 Å². The standard InChI is InChI=1S/C17H27NO4/c1-13(19)21-10-9-14-5-7-16(8-6-14)22-12-15(20)11-18-17(2,3)4/h5-8,15,18,20H,9-12H2,1-4H3/t15-/m0/s1. The zero-order chi connectivity index (χ0) is 16.6. The molecule has 0 saturated heterocycles. The predicted molar refractivity (Wildman–Crippen MR) is 86.0 cm³/mol. The maximum atomic E-state index is 10.7. The van der Waals surface area contributed by atoms with Crippen LogP contribution in [0.15, 0.2) is 24.3 Å². The summed E-state index contributed by atoms with van der Waals surface area (Å²) in [6.07, 6.45) is 0.126. The van der Waals surface area contributed by atoms with Crippen LogP contribution < -0.4 is 10.1 Å². The van der Waals surface area contributed by atoms with E-state index in [1.54, 1.807) is 0 Å². The largest absolute Gasteiger partial charge is 0.491 e. The maximum Gasteiger partial charge on any atom is 0.302 e. The average molecular weight is 309 g/mol. The summed E-state index contributed by atoms with van der Waals surface area (Å²) < 4.78 is 10.5. The molecule has 1 rings (SSSR count). The Balaban J connectivity index is 2.30. The van der Waals surface area contributed by atoms with Gasteiger partial charge in [0.2, 0.25) is 0 Å². The molecule has 1 atom stereocenters. The Morgan fingerprint density at radius 2 is 1.91 bits per heavy atom. The van der Waals surface area contributed by atoms with Crippen LogP contribution in [0.4, 0.5) is 0 Å². The number of aliphatic hydroxyl groups is 1. The molecule has 0 amide bonds. The van der Waals surface area contributed by atoms with Crippen molar-refractivity contribution in [2.45, 2.75) is 45.8 Å². The molecular weight excluding hydrogens is 282 g/mol. The number of carbonyl (C=O) groups excluding carboxylic acids is 1. The SMILES string of the molecule is CC(=O)OCCc1ccc(OC[C@@H](O)CNC(C)(C)C)cc1. The summed E-state index contributed by atoms with van der Waals surface area (Å²) in [4.78, 5) is 10.7. The molecule has 124 valence electrons. The van der Waals surface area contributed by atoms with Crippen molar-refractivity contribution in [3.8, 4) is 5.75 Å². The molecule has 0 aliphatic heterocycles. The summed E-state index contributed by atoms with van der Waals surface area (Å²) in [6.45, 7) is 8.67. The molecule has 0 radical (unpaired) electrons. The van der Waals surface area contributed by atoms with E-state index >= 15 is 0 Å². The van der Waals surface area contributed by atoms with Gasteiger partial charge in [0.15, 0.2) is 0 Å². The highest BCUT2D eigenvalue weighted by atomic mass is 16.5. The number of hydrogen-bond acceptors (Lipinski definition) is 5. The fourth-order valence-corrected chi connectivity index (χ4v) is 1.74. The minimum absolute atomic E-state index is 0.0232. The lowest BCUT2D eigenvalue weighted by Crippen LogP contribution is -2.42. The Hall–Kier alpha value is -1.59. The number of ether oxygens (including phenoxy) is 2. The van der Waals surface area contributed by atoms with E-state index in [-0.39, 0.29) is 18.1 Å². The van der Waals surface area contributed by atoms with Crippen molar-refractivity contribution in [1.29, 1.82) is 0 Å². The molecule has 0 spiro atoms. The van der Waals surface area contributed by atoms with Gasteiger partial charge in [0.1, 0.15) is 18.5 Å². The van der Waals surface area contributed by atoms with Gasteiger partial charge >= 0.3 is 5.97 Å². The molecule has 2 N–H and O–H groups in total. The molecule has 5 heteroatoms. The normalized spacial score (nSPS) is 12.8. The van der Waals surface area contributed by atoms with Gasteiger partial charge in [-0.3, -0.25) is 4.79 Å². The molecule has 0 unspecified atom stereocenters. The first-order valence-corrected chi connectivity index (χ1v) is 7.54. The minimum atomic E-state index is -0.553. The van der Waals surface area contributed by atoms with Gasteiger partial charge in [-0.1, -0.05) is 12.1 Å². The number of aliphatic hydroxyl groups excluding tert-OH is 1.